The number of hydrogen-bond acceptors (Lipinski definition) is 2. The maximum atomic E-state index is 13.8. The summed E-state index contributed by atoms with van der Waals surface area (Å²) in [4.78, 5) is 14.2. The molecule has 1 N–H and O–H groups in total. The first-order chi connectivity index (χ1) is 11.0. The molecule has 2 atom stereocenters. The number of ether oxygens (including phenoxy) is 1. The lowest BCUT2D eigenvalue weighted by Crippen LogP contribution is -2.48. The molecule has 3 rings (SSSR count). The molecule has 1 aromatic carbocycles. The van der Waals surface area contributed by atoms with E-state index in [4.69, 9.17) is 4.74 Å². The lowest BCUT2D eigenvalue weighted by Gasteiger charge is -2.27. The van der Waals surface area contributed by atoms with Crippen LogP contribution in [0.2, 0.25) is 0 Å². The number of halogens is 2. The van der Waals surface area contributed by atoms with E-state index >= 15 is 0 Å². The van der Waals surface area contributed by atoms with Crippen molar-refractivity contribution in [2.45, 2.75) is 57.3 Å². The van der Waals surface area contributed by atoms with Crippen LogP contribution in [-0.4, -0.2) is 35.7 Å². The molecule has 0 radical (unpaired) electrons. The molecular weight excluding hydrogens is 302 g/mol. The molecule has 1 saturated carbocycles. The smallest absolute Gasteiger partial charge is 0.318 e. The van der Waals surface area contributed by atoms with E-state index in [0.29, 0.717) is 5.56 Å². The standard InChI is InChI=1S/C17H22F2N2O2/c1-11(16-3-2-8-23-16)20-17(22)21(14-6-7-14)10-12-4-5-13(18)9-15(12)19/h4-5,9,11,14,16H,2-3,6-8,10H2,1H3,(H,20,22). The van der Waals surface area contributed by atoms with Gasteiger partial charge < -0.3 is 15.0 Å². The minimum atomic E-state index is -0.615. The van der Waals surface area contributed by atoms with E-state index in [9.17, 15) is 13.6 Å². The Morgan fingerprint density at radius 1 is 1.39 bits per heavy atom. The minimum absolute atomic E-state index is 0.0440. The van der Waals surface area contributed by atoms with Crippen LogP contribution < -0.4 is 5.32 Å². The molecule has 2 unspecified atom stereocenters. The SMILES string of the molecule is CC(NC(=O)N(Cc1ccc(F)cc1F)C1CC1)C1CCCO1. The topological polar surface area (TPSA) is 41.6 Å². The molecule has 1 heterocycles. The summed E-state index contributed by atoms with van der Waals surface area (Å²) in [6, 6.07) is 3.32. The fourth-order valence-electron chi connectivity index (χ4n) is 2.95. The van der Waals surface area contributed by atoms with Gasteiger partial charge in [-0.25, -0.2) is 13.6 Å². The van der Waals surface area contributed by atoms with Crippen LogP contribution in [0.5, 0.6) is 0 Å². The molecule has 0 spiro atoms. The van der Waals surface area contributed by atoms with Gasteiger partial charge in [-0.1, -0.05) is 6.07 Å². The highest BCUT2D eigenvalue weighted by Crippen LogP contribution is 2.29. The number of amides is 2. The molecule has 1 aromatic rings. The van der Waals surface area contributed by atoms with Crippen LogP contribution >= 0.6 is 0 Å². The van der Waals surface area contributed by atoms with Crippen LogP contribution in [-0.2, 0) is 11.3 Å². The second-order valence-electron chi connectivity index (χ2n) is 6.38. The third-order valence-corrected chi connectivity index (χ3v) is 4.48. The van der Waals surface area contributed by atoms with Gasteiger partial charge in [0, 0.05) is 24.3 Å². The third-order valence-electron chi connectivity index (χ3n) is 4.48. The number of carbonyl (C=O) groups is 1. The molecule has 2 fully saturated rings. The zero-order valence-corrected chi connectivity index (χ0v) is 13.2. The Kier molecular flexibility index (Phi) is 4.80. The average Bonchev–Trinajstić information content (AvgIpc) is 3.19. The largest absolute Gasteiger partial charge is 0.376 e. The van der Waals surface area contributed by atoms with E-state index in [1.807, 2.05) is 6.92 Å². The average molecular weight is 324 g/mol. The fourth-order valence-corrected chi connectivity index (χ4v) is 2.95. The second kappa shape index (κ2) is 6.83. The normalized spacial score (nSPS) is 22.0. The van der Waals surface area contributed by atoms with Gasteiger partial charge >= 0.3 is 6.03 Å². The van der Waals surface area contributed by atoms with Crippen molar-refractivity contribution >= 4 is 6.03 Å². The summed E-state index contributed by atoms with van der Waals surface area (Å²) < 4.78 is 32.4. The van der Waals surface area contributed by atoms with Crippen molar-refractivity contribution in [3.05, 3.63) is 35.4 Å². The Bertz CT molecular complexity index is 572. The molecular formula is C17H22F2N2O2. The molecule has 2 aliphatic rings. The number of nitrogens with zero attached hydrogens (tertiary/aromatic N) is 1. The lowest BCUT2D eigenvalue weighted by molar-refractivity contribution is 0.0828. The number of nitrogens with one attached hydrogen (secondary N) is 1. The Morgan fingerprint density at radius 2 is 2.17 bits per heavy atom. The van der Waals surface area contributed by atoms with Crippen LogP contribution in [0.25, 0.3) is 0 Å². The van der Waals surface area contributed by atoms with Gasteiger partial charge in [0.2, 0.25) is 0 Å². The number of rotatable bonds is 5. The third kappa shape index (κ3) is 3.99. The summed E-state index contributed by atoms with van der Waals surface area (Å²) in [6.07, 6.45) is 3.84. The van der Waals surface area contributed by atoms with Crippen LogP contribution in [0.4, 0.5) is 13.6 Å². The van der Waals surface area contributed by atoms with Gasteiger partial charge in [0.25, 0.3) is 0 Å². The number of benzene rings is 1. The van der Waals surface area contributed by atoms with E-state index in [-0.39, 0.29) is 30.8 Å². The highest BCUT2D eigenvalue weighted by atomic mass is 19.1. The molecule has 0 aromatic heterocycles. The van der Waals surface area contributed by atoms with Crippen molar-refractivity contribution in [1.82, 2.24) is 10.2 Å². The zero-order chi connectivity index (χ0) is 16.4. The molecule has 23 heavy (non-hydrogen) atoms. The Morgan fingerprint density at radius 3 is 2.78 bits per heavy atom. The molecule has 1 aliphatic carbocycles. The van der Waals surface area contributed by atoms with E-state index in [2.05, 4.69) is 5.32 Å². The number of hydrogen-bond donors (Lipinski definition) is 1. The molecule has 6 heteroatoms. The van der Waals surface area contributed by atoms with Crippen molar-refractivity contribution in [3.63, 3.8) is 0 Å². The number of carbonyl (C=O) groups excluding carboxylic acids is 1. The Hall–Kier alpha value is -1.69. The molecule has 1 aliphatic heterocycles. The molecule has 2 amide bonds. The van der Waals surface area contributed by atoms with E-state index in [0.717, 1.165) is 38.4 Å². The van der Waals surface area contributed by atoms with Gasteiger partial charge in [-0.05, 0) is 38.7 Å². The van der Waals surface area contributed by atoms with Gasteiger partial charge in [-0.3, -0.25) is 0 Å². The number of urea groups is 1. The zero-order valence-electron chi connectivity index (χ0n) is 13.2. The monoisotopic (exact) mass is 324 g/mol. The van der Waals surface area contributed by atoms with E-state index < -0.39 is 11.6 Å². The summed E-state index contributed by atoms with van der Waals surface area (Å²) in [6.45, 7) is 2.82. The first-order valence-electron chi connectivity index (χ1n) is 8.17. The Balaban J connectivity index is 1.64. The predicted octanol–water partition coefficient (Wildman–Crippen LogP) is 3.21. The second-order valence-corrected chi connectivity index (χ2v) is 6.38. The van der Waals surface area contributed by atoms with E-state index in [1.54, 1.807) is 4.90 Å². The maximum absolute atomic E-state index is 13.8. The summed E-state index contributed by atoms with van der Waals surface area (Å²) in [7, 11) is 0. The van der Waals surface area contributed by atoms with Gasteiger partial charge in [0.05, 0.1) is 18.7 Å². The highest BCUT2D eigenvalue weighted by molar-refractivity contribution is 5.75. The minimum Gasteiger partial charge on any atom is -0.376 e. The van der Waals surface area contributed by atoms with Crippen LogP contribution in [0.3, 0.4) is 0 Å². The molecule has 0 bridgehead atoms. The van der Waals surface area contributed by atoms with Crippen molar-refractivity contribution in [3.8, 4) is 0 Å². The summed E-state index contributed by atoms with van der Waals surface area (Å²) in [5.41, 5.74) is 0.332. The fraction of sp³-hybridized carbons (Fsp3) is 0.588. The molecule has 126 valence electrons. The quantitative estimate of drug-likeness (QED) is 0.904. The van der Waals surface area contributed by atoms with Crippen LogP contribution in [0.15, 0.2) is 18.2 Å². The summed E-state index contributed by atoms with van der Waals surface area (Å²) in [5.74, 6) is -1.23. The lowest BCUT2D eigenvalue weighted by atomic mass is 10.1. The Labute approximate surface area is 134 Å². The molecule has 1 saturated heterocycles. The maximum Gasteiger partial charge on any atom is 0.318 e. The van der Waals surface area contributed by atoms with Gasteiger partial charge in [-0.2, -0.15) is 0 Å². The van der Waals surface area contributed by atoms with Crippen molar-refractivity contribution in [2.24, 2.45) is 0 Å². The summed E-state index contributed by atoms with van der Waals surface area (Å²) in [5, 5.41) is 2.96. The van der Waals surface area contributed by atoms with Gasteiger partial charge in [-0.15, -0.1) is 0 Å². The van der Waals surface area contributed by atoms with Gasteiger partial charge in [0.15, 0.2) is 0 Å². The molecule has 4 nitrogen and oxygen atoms in total. The van der Waals surface area contributed by atoms with Crippen LogP contribution in [0, 0.1) is 11.6 Å². The van der Waals surface area contributed by atoms with Crippen molar-refractivity contribution in [1.29, 1.82) is 0 Å². The van der Waals surface area contributed by atoms with Crippen molar-refractivity contribution in [2.75, 3.05) is 6.61 Å². The van der Waals surface area contributed by atoms with Gasteiger partial charge in [0.1, 0.15) is 11.6 Å². The van der Waals surface area contributed by atoms with Crippen molar-refractivity contribution < 1.29 is 18.3 Å². The van der Waals surface area contributed by atoms with Crippen LogP contribution in [0.1, 0.15) is 38.2 Å². The first kappa shape index (κ1) is 16.2. The first-order valence-corrected chi connectivity index (χ1v) is 8.17. The predicted molar refractivity (Wildman–Crippen MR) is 81.9 cm³/mol. The summed E-state index contributed by atoms with van der Waals surface area (Å²) >= 11 is 0. The van der Waals surface area contributed by atoms with E-state index in [1.165, 1.54) is 12.1 Å². The highest BCUT2D eigenvalue weighted by Gasteiger charge is 2.34.